The molecule has 3 rings (SSSR count). The highest BCUT2D eigenvalue weighted by Crippen LogP contribution is 2.60. The second-order valence-corrected chi connectivity index (χ2v) is 5.32. The summed E-state index contributed by atoms with van der Waals surface area (Å²) >= 11 is 3.37. The van der Waals surface area contributed by atoms with E-state index in [-0.39, 0.29) is 11.3 Å². The van der Waals surface area contributed by atoms with E-state index in [1.54, 1.807) is 0 Å². The molecule has 0 aromatic rings. The van der Waals surface area contributed by atoms with Crippen molar-refractivity contribution < 1.29 is 4.79 Å². The molecule has 2 atom stereocenters. The van der Waals surface area contributed by atoms with E-state index in [4.69, 9.17) is 0 Å². The van der Waals surface area contributed by atoms with Crippen molar-refractivity contribution in [2.45, 2.75) is 27.2 Å². The van der Waals surface area contributed by atoms with Crippen molar-refractivity contribution in [3.63, 3.8) is 0 Å². The molecule has 0 amide bonds. The molecule has 0 aromatic carbocycles. The third-order valence-electron chi connectivity index (χ3n) is 3.67. The number of hydrogen-bond acceptors (Lipinski definition) is 1. The molecule has 12 heavy (non-hydrogen) atoms. The van der Waals surface area contributed by atoms with Gasteiger partial charge in [-0.3, -0.25) is 4.79 Å². The van der Waals surface area contributed by atoms with Gasteiger partial charge in [0.05, 0.1) is 4.48 Å². The highest BCUT2D eigenvalue weighted by molar-refractivity contribution is 9.12. The molecule has 3 aliphatic carbocycles. The van der Waals surface area contributed by atoms with Gasteiger partial charge in [0.25, 0.3) is 0 Å². The van der Waals surface area contributed by atoms with Gasteiger partial charge in [0.15, 0.2) is 5.78 Å². The van der Waals surface area contributed by atoms with Crippen LogP contribution in [0.2, 0.25) is 0 Å². The van der Waals surface area contributed by atoms with Crippen LogP contribution in [0.4, 0.5) is 0 Å². The second kappa shape index (κ2) is 2.22. The minimum absolute atomic E-state index is 0.221. The van der Waals surface area contributed by atoms with Crippen molar-refractivity contribution in [2.75, 3.05) is 0 Å². The van der Waals surface area contributed by atoms with Gasteiger partial charge in [-0.2, -0.15) is 0 Å². The predicted octanol–water partition coefficient (Wildman–Crippen LogP) is 2.90. The lowest BCUT2D eigenvalue weighted by molar-refractivity contribution is -0.134. The number of fused-ring (bicyclic) bond motifs is 1. The highest BCUT2D eigenvalue weighted by Gasteiger charge is 2.56. The fraction of sp³-hybridized carbons (Fsp3) is 0.700. The van der Waals surface area contributed by atoms with E-state index >= 15 is 0 Å². The quantitative estimate of drug-likeness (QED) is 0.624. The Labute approximate surface area is 81.4 Å². The van der Waals surface area contributed by atoms with Crippen molar-refractivity contribution >= 4 is 21.7 Å². The average Bonchev–Trinajstić information content (AvgIpc) is 1.98. The third kappa shape index (κ3) is 0.769. The molecule has 0 aromatic heterocycles. The molecule has 66 valence electrons. The SMILES string of the molecule is CC1=C(Br)C(=O)[C@H]2C[C@@H]1C2(C)C. The lowest BCUT2D eigenvalue weighted by atomic mass is 9.48. The standard InChI is InChI=1S/C10H13BrO/c1-5-6-4-7(10(6,2)3)9(12)8(5)11/h6-7H,4H2,1-3H3/t6-,7+/m0/s1. The molecule has 0 heterocycles. The minimum atomic E-state index is 0.221. The lowest BCUT2D eigenvalue weighted by Crippen LogP contribution is -2.53. The van der Waals surface area contributed by atoms with Gasteiger partial charge in [0, 0.05) is 5.92 Å². The average molecular weight is 229 g/mol. The van der Waals surface area contributed by atoms with E-state index in [2.05, 4.69) is 36.7 Å². The lowest BCUT2D eigenvalue weighted by Gasteiger charge is -2.55. The second-order valence-electron chi connectivity index (χ2n) is 4.52. The Bertz CT molecular complexity index is 288. The maximum atomic E-state index is 11.7. The molecule has 0 saturated heterocycles. The first-order valence-corrected chi connectivity index (χ1v) is 5.16. The number of ketones is 1. The summed E-state index contributed by atoms with van der Waals surface area (Å²) in [6.07, 6.45) is 1.08. The number of carbonyl (C=O) groups is 1. The van der Waals surface area contributed by atoms with Crippen LogP contribution >= 0.6 is 15.9 Å². The molecule has 0 spiro atoms. The normalized spacial score (nSPS) is 38.2. The van der Waals surface area contributed by atoms with Gasteiger partial charge in [-0.1, -0.05) is 19.4 Å². The summed E-state index contributed by atoms with van der Waals surface area (Å²) in [5, 5.41) is 0. The first-order valence-electron chi connectivity index (χ1n) is 4.36. The van der Waals surface area contributed by atoms with Gasteiger partial charge in [-0.05, 0) is 40.6 Å². The summed E-state index contributed by atoms with van der Waals surface area (Å²) in [6, 6.07) is 0. The molecule has 1 nitrogen and oxygen atoms in total. The van der Waals surface area contributed by atoms with Crippen LogP contribution in [-0.4, -0.2) is 5.78 Å². The summed E-state index contributed by atoms with van der Waals surface area (Å²) in [5.41, 5.74) is 1.48. The largest absolute Gasteiger partial charge is 0.293 e. The Balaban J connectivity index is 2.48. The molecular weight excluding hydrogens is 216 g/mol. The number of allylic oxidation sites excluding steroid dienone is 2. The summed E-state index contributed by atoms with van der Waals surface area (Å²) in [5.74, 6) is 1.23. The molecule has 1 saturated carbocycles. The monoisotopic (exact) mass is 228 g/mol. The molecule has 3 aliphatic rings. The number of carbonyl (C=O) groups excluding carboxylic acids is 1. The third-order valence-corrected chi connectivity index (χ3v) is 4.69. The van der Waals surface area contributed by atoms with Crippen molar-refractivity contribution in [2.24, 2.45) is 17.3 Å². The molecule has 1 fully saturated rings. The Morgan fingerprint density at radius 2 is 2.00 bits per heavy atom. The van der Waals surface area contributed by atoms with Crippen LogP contribution in [0.1, 0.15) is 27.2 Å². The molecule has 2 bridgehead atoms. The van der Waals surface area contributed by atoms with Crippen LogP contribution in [0.5, 0.6) is 0 Å². The maximum Gasteiger partial charge on any atom is 0.173 e. The van der Waals surface area contributed by atoms with E-state index in [0.29, 0.717) is 11.7 Å². The summed E-state index contributed by atoms with van der Waals surface area (Å²) in [7, 11) is 0. The zero-order chi connectivity index (χ0) is 9.09. The first-order chi connectivity index (χ1) is 5.46. The zero-order valence-corrected chi connectivity index (χ0v) is 9.23. The smallest absolute Gasteiger partial charge is 0.173 e. The topological polar surface area (TPSA) is 17.1 Å². The number of rotatable bonds is 0. The number of hydrogen-bond donors (Lipinski definition) is 0. The molecular formula is C10H13BrO. The fourth-order valence-electron chi connectivity index (χ4n) is 2.61. The van der Waals surface area contributed by atoms with Gasteiger partial charge >= 0.3 is 0 Å². The molecule has 0 aliphatic heterocycles. The fourth-order valence-corrected chi connectivity index (χ4v) is 3.16. The van der Waals surface area contributed by atoms with E-state index in [1.165, 1.54) is 5.57 Å². The molecule has 0 N–H and O–H groups in total. The maximum absolute atomic E-state index is 11.7. The summed E-state index contributed by atoms with van der Waals surface area (Å²) in [4.78, 5) is 11.7. The van der Waals surface area contributed by atoms with Gasteiger partial charge in [0.2, 0.25) is 0 Å². The van der Waals surface area contributed by atoms with Gasteiger partial charge in [-0.15, -0.1) is 0 Å². The number of Topliss-reactive ketones (excluding diaryl/α,β-unsaturated/α-hetero) is 1. The van der Waals surface area contributed by atoms with Crippen LogP contribution in [0, 0.1) is 17.3 Å². The van der Waals surface area contributed by atoms with E-state index in [0.717, 1.165) is 10.9 Å². The molecule has 2 heteroatoms. The highest BCUT2D eigenvalue weighted by atomic mass is 79.9. The van der Waals surface area contributed by atoms with Crippen LogP contribution in [0.25, 0.3) is 0 Å². The van der Waals surface area contributed by atoms with Crippen molar-refractivity contribution in [1.29, 1.82) is 0 Å². The van der Waals surface area contributed by atoms with Gasteiger partial charge < -0.3 is 0 Å². The van der Waals surface area contributed by atoms with Crippen LogP contribution in [0.3, 0.4) is 0 Å². The molecule has 0 unspecified atom stereocenters. The summed E-state index contributed by atoms with van der Waals surface area (Å²) < 4.78 is 0.850. The van der Waals surface area contributed by atoms with Gasteiger partial charge in [0.1, 0.15) is 0 Å². The van der Waals surface area contributed by atoms with Gasteiger partial charge in [-0.25, -0.2) is 0 Å². The van der Waals surface area contributed by atoms with Crippen LogP contribution < -0.4 is 0 Å². The predicted molar refractivity (Wildman–Crippen MR) is 52.0 cm³/mol. The van der Waals surface area contributed by atoms with Crippen molar-refractivity contribution in [1.82, 2.24) is 0 Å². The number of halogens is 1. The van der Waals surface area contributed by atoms with E-state index in [1.807, 2.05) is 0 Å². The minimum Gasteiger partial charge on any atom is -0.293 e. The van der Waals surface area contributed by atoms with E-state index in [9.17, 15) is 4.79 Å². The van der Waals surface area contributed by atoms with Crippen LogP contribution in [0.15, 0.2) is 10.1 Å². The Morgan fingerprint density at radius 1 is 1.42 bits per heavy atom. The van der Waals surface area contributed by atoms with E-state index < -0.39 is 0 Å². The van der Waals surface area contributed by atoms with Crippen molar-refractivity contribution in [3.8, 4) is 0 Å². The zero-order valence-electron chi connectivity index (χ0n) is 7.65. The molecule has 0 radical (unpaired) electrons. The first kappa shape index (κ1) is 8.49. The summed E-state index contributed by atoms with van der Waals surface area (Å²) in [6.45, 7) is 6.48. The van der Waals surface area contributed by atoms with Crippen molar-refractivity contribution in [3.05, 3.63) is 10.1 Å². The van der Waals surface area contributed by atoms with Crippen LogP contribution in [-0.2, 0) is 4.79 Å². The Morgan fingerprint density at radius 3 is 2.42 bits per heavy atom. The Hall–Kier alpha value is -0.110. The Kier molecular flexibility index (Phi) is 1.57.